The zero-order valence-corrected chi connectivity index (χ0v) is 19.8. The second-order valence-corrected chi connectivity index (χ2v) is 11.4. The molecule has 0 fully saturated rings. The lowest BCUT2D eigenvalue weighted by molar-refractivity contribution is 0.0969. The highest BCUT2D eigenvalue weighted by molar-refractivity contribution is 8.04. The minimum absolute atomic E-state index is 0.129. The molecule has 0 heterocycles. The van der Waals surface area contributed by atoms with E-state index in [0.717, 1.165) is 0 Å². The molecule has 0 aromatic heterocycles. The van der Waals surface area contributed by atoms with Crippen LogP contribution in [0.5, 0.6) is 0 Å². The molecule has 0 aromatic carbocycles. The summed E-state index contributed by atoms with van der Waals surface area (Å²) in [5.41, 5.74) is 2.61. The Morgan fingerprint density at radius 3 is 1.81 bits per heavy atom. The summed E-state index contributed by atoms with van der Waals surface area (Å²) in [4.78, 5) is 1.27. The summed E-state index contributed by atoms with van der Waals surface area (Å²) in [6, 6.07) is 0. The lowest BCUT2D eigenvalue weighted by atomic mass is 9.95. The molecule has 0 spiro atoms. The maximum absolute atomic E-state index is 5.96. The van der Waals surface area contributed by atoms with Gasteiger partial charge in [0, 0.05) is 9.65 Å². The predicted molar refractivity (Wildman–Crippen MR) is 119 cm³/mol. The Bertz CT molecular complexity index is 497. The highest BCUT2D eigenvalue weighted by Gasteiger charge is 2.17. The molecule has 2 nitrogen and oxygen atoms in total. The highest BCUT2D eigenvalue weighted by atomic mass is 32.2. The summed E-state index contributed by atoms with van der Waals surface area (Å²) in [5.74, 6) is 0. The summed E-state index contributed by atoms with van der Waals surface area (Å²) < 4.78 is 11.9. The van der Waals surface area contributed by atoms with Crippen LogP contribution >= 0.6 is 11.8 Å². The first kappa shape index (κ1) is 25.5. The quantitative estimate of drug-likeness (QED) is 0.394. The average molecular weight is 383 g/mol. The van der Waals surface area contributed by atoms with Crippen LogP contribution in [0.3, 0.4) is 0 Å². The summed E-state index contributed by atoms with van der Waals surface area (Å²) in [5, 5.41) is 0. The van der Waals surface area contributed by atoms with Gasteiger partial charge in [-0.25, -0.2) is 0 Å². The van der Waals surface area contributed by atoms with E-state index in [1.165, 1.54) is 16.1 Å². The molecule has 0 radical (unpaired) electrons. The van der Waals surface area contributed by atoms with Gasteiger partial charge in [-0.05, 0) is 57.3 Å². The van der Waals surface area contributed by atoms with Crippen molar-refractivity contribution in [3.63, 3.8) is 0 Å². The molecule has 0 atom stereocenters. The van der Waals surface area contributed by atoms with Gasteiger partial charge in [0.15, 0.2) is 0 Å². The van der Waals surface area contributed by atoms with Crippen molar-refractivity contribution in [2.24, 2.45) is 5.41 Å². The lowest BCUT2D eigenvalue weighted by Crippen LogP contribution is -2.12. The fraction of sp³-hybridized carbons (Fsp3) is 0.739. The molecule has 26 heavy (non-hydrogen) atoms. The van der Waals surface area contributed by atoms with Gasteiger partial charge < -0.3 is 9.47 Å². The third kappa shape index (κ3) is 14.6. The van der Waals surface area contributed by atoms with E-state index in [1.54, 1.807) is 0 Å². The second kappa shape index (κ2) is 11.4. The van der Waals surface area contributed by atoms with Crippen LogP contribution in [-0.2, 0) is 9.47 Å². The minimum Gasteiger partial charge on any atom is -0.374 e. The van der Waals surface area contributed by atoms with Gasteiger partial charge in [0.05, 0.1) is 25.4 Å². The van der Waals surface area contributed by atoms with Gasteiger partial charge in [-0.3, -0.25) is 0 Å². The van der Waals surface area contributed by atoms with Gasteiger partial charge in [0.2, 0.25) is 0 Å². The SMILES string of the molecule is C\C(=C/C(SC(C)(C)C)=C(\C=C\C(C)(C)C)COC(C)C)COC(C)C. The molecule has 152 valence electrons. The number of thioether (sulfide) groups is 1. The van der Waals surface area contributed by atoms with Crippen molar-refractivity contribution in [3.8, 4) is 0 Å². The molecule has 0 saturated carbocycles. The Balaban J connectivity index is 5.88. The molecule has 0 rings (SSSR count). The normalized spacial score (nSPS) is 15.3. The topological polar surface area (TPSA) is 18.5 Å². The molecule has 0 aliphatic heterocycles. The third-order valence-corrected chi connectivity index (χ3v) is 4.32. The van der Waals surface area contributed by atoms with E-state index < -0.39 is 0 Å². The van der Waals surface area contributed by atoms with Crippen molar-refractivity contribution < 1.29 is 9.47 Å². The van der Waals surface area contributed by atoms with E-state index in [0.29, 0.717) is 13.2 Å². The standard InChI is InChI=1S/C23H42O2S/c1-17(2)24-15-19(5)14-21(26-23(9,10)11)20(16-25-18(3)4)12-13-22(6,7)8/h12-14,17-18H,15-16H2,1-11H3/b13-12+,19-14+,21-20-. The molecule has 0 bridgehead atoms. The summed E-state index contributed by atoms with van der Waals surface area (Å²) >= 11 is 1.89. The molecule has 0 saturated heterocycles. The van der Waals surface area contributed by atoms with E-state index in [2.05, 4.69) is 94.4 Å². The maximum Gasteiger partial charge on any atom is 0.0731 e. The van der Waals surface area contributed by atoms with Crippen LogP contribution in [0, 0.1) is 5.41 Å². The Morgan fingerprint density at radius 1 is 0.885 bits per heavy atom. The fourth-order valence-corrected chi connectivity index (χ4v) is 3.07. The maximum atomic E-state index is 5.96. The monoisotopic (exact) mass is 382 g/mol. The van der Waals surface area contributed by atoms with Gasteiger partial charge in [-0.1, -0.05) is 53.7 Å². The third-order valence-electron chi connectivity index (χ3n) is 3.11. The number of hydrogen-bond acceptors (Lipinski definition) is 3. The van der Waals surface area contributed by atoms with E-state index in [9.17, 15) is 0 Å². The van der Waals surface area contributed by atoms with E-state index in [-0.39, 0.29) is 22.4 Å². The smallest absolute Gasteiger partial charge is 0.0731 e. The van der Waals surface area contributed by atoms with Crippen molar-refractivity contribution in [1.29, 1.82) is 0 Å². The van der Waals surface area contributed by atoms with Crippen LogP contribution in [-0.4, -0.2) is 30.2 Å². The van der Waals surface area contributed by atoms with Gasteiger partial charge in [-0.2, -0.15) is 0 Å². The molecular weight excluding hydrogens is 340 g/mol. The van der Waals surface area contributed by atoms with Crippen LogP contribution in [0.1, 0.15) is 76.2 Å². The van der Waals surface area contributed by atoms with Gasteiger partial charge in [0.1, 0.15) is 0 Å². The summed E-state index contributed by atoms with van der Waals surface area (Å²) in [6.45, 7) is 25.1. The number of hydrogen-bond donors (Lipinski definition) is 0. The first-order chi connectivity index (χ1) is 11.7. The van der Waals surface area contributed by atoms with Crippen molar-refractivity contribution in [1.82, 2.24) is 0 Å². The van der Waals surface area contributed by atoms with E-state index >= 15 is 0 Å². The van der Waals surface area contributed by atoms with Crippen LogP contribution in [0.15, 0.2) is 34.3 Å². The largest absolute Gasteiger partial charge is 0.374 e. The van der Waals surface area contributed by atoms with Gasteiger partial charge in [0.25, 0.3) is 0 Å². The average Bonchev–Trinajstić information content (AvgIpc) is 2.41. The molecule has 0 aliphatic rings. The highest BCUT2D eigenvalue weighted by Crippen LogP contribution is 2.35. The molecule has 0 unspecified atom stereocenters. The predicted octanol–water partition coefficient (Wildman–Crippen LogP) is 7.17. The molecule has 3 heteroatoms. The van der Waals surface area contributed by atoms with E-state index in [1.807, 2.05) is 11.8 Å². The van der Waals surface area contributed by atoms with E-state index in [4.69, 9.17) is 9.47 Å². The second-order valence-electron chi connectivity index (χ2n) is 9.51. The van der Waals surface area contributed by atoms with Gasteiger partial charge in [-0.15, -0.1) is 11.8 Å². The zero-order chi connectivity index (χ0) is 20.5. The minimum atomic E-state index is 0.129. The first-order valence-electron chi connectivity index (χ1n) is 9.71. The molecular formula is C23H42O2S. The molecule has 0 amide bonds. The van der Waals surface area contributed by atoms with Gasteiger partial charge >= 0.3 is 0 Å². The summed E-state index contributed by atoms with van der Waals surface area (Å²) in [6.07, 6.45) is 7.23. The number of rotatable bonds is 9. The van der Waals surface area contributed by atoms with Crippen LogP contribution in [0.4, 0.5) is 0 Å². The van der Waals surface area contributed by atoms with Crippen molar-refractivity contribution in [3.05, 3.63) is 34.3 Å². The van der Waals surface area contributed by atoms with Crippen molar-refractivity contribution in [2.75, 3.05) is 13.2 Å². The first-order valence-corrected chi connectivity index (χ1v) is 10.5. The summed E-state index contributed by atoms with van der Waals surface area (Å²) in [7, 11) is 0. The van der Waals surface area contributed by atoms with Crippen LogP contribution in [0.25, 0.3) is 0 Å². The number of ether oxygens (including phenoxy) is 2. The molecule has 0 aliphatic carbocycles. The molecule has 0 N–H and O–H groups in total. The molecule has 0 aromatic rings. The lowest BCUT2D eigenvalue weighted by Gasteiger charge is -2.22. The van der Waals surface area contributed by atoms with Crippen molar-refractivity contribution >= 4 is 11.8 Å². The fourth-order valence-electron chi connectivity index (χ4n) is 1.89. The Kier molecular flexibility index (Phi) is 11.1. The zero-order valence-electron chi connectivity index (χ0n) is 19.0. The number of allylic oxidation sites excluding steroid dienone is 2. The van der Waals surface area contributed by atoms with Crippen LogP contribution in [0.2, 0.25) is 0 Å². The Hall–Kier alpha value is -0.510. The van der Waals surface area contributed by atoms with Crippen molar-refractivity contribution in [2.45, 2.75) is 93.1 Å². The van der Waals surface area contributed by atoms with Crippen LogP contribution < -0.4 is 0 Å². The Morgan fingerprint density at radius 2 is 1.38 bits per heavy atom. The Labute approximate surface area is 167 Å².